The Labute approximate surface area is 118 Å². The standard InChI is InChI=1S/C17H18O3/c1-11(2)13-9-14(17(20)10-16(13)19)15(18)8-12-6-4-3-5-7-12/h3-7,9-11,19-20H,8H2,1-2H3. The Morgan fingerprint density at radius 2 is 1.70 bits per heavy atom. The number of Topliss-reactive ketones (excluding diaryl/α,β-unsaturated/α-hetero) is 1. The number of benzene rings is 2. The zero-order valence-electron chi connectivity index (χ0n) is 11.6. The van der Waals surface area contributed by atoms with Crippen LogP contribution in [0.1, 0.15) is 41.3 Å². The number of carbonyl (C=O) groups is 1. The second-order valence-corrected chi connectivity index (χ2v) is 5.17. The molecule has 0 spiro atoms. The second kappa shape index (κ2) is 5.78. The Balaban J connectivity index is 2.32. The average Bonchev–Trinajstić information content (AvgIpc) is 2.39. The Hall–Kier alpha value is -2.29. The number of carbonyl (C=O) groups excluding carboxylic acids is 1. The minimum Gasteiger partial charge on any atom is -0.508 e. The summed E-state index contributed by atoms with van der Waals surface area (Å²) in [5.74, 6) is -0.226. The predicted molar refractivity (Wildman–Crippen MR) is 78.3 cm³/mol. The lowest BCUT2D eigenvalue weighted by atomic mass is 9.95. The van der Waals surface area contributed by atoms with E-state index in [0.29, 0.717) is 5.56 Å². The van der Waals surface area contributed by atoms with E-state index < -0.39 is 0 Å². The molecule has 20 heavy (non-hydrogen) atoms. The third-order valence-corrected chi connectivity index (χ3v) is 3.27. The number of rotatable bonds is 4. The molecule has 0 heterocycles. The van der Waals surface area contributed by atoms with Crippen molar-refractivity contribution in [2.24, 2.45) is 0 Å². The molecule has 104 valence electrons. The molecule has 0 bridgehead atoms. The van der Waals surface area contributed by atoms with Crippen molar-refractivity contribution < 1.29 is 15.0 Å². The van der Waals surface area contributed by atoms with Crippen molar-refractivity contribution in [3.63, 3.8) is 0 Å². The fourth-order valence-electron chi connectivity index (χ4n) is 2.16. The quantitative estimate of drug-likeness (QED) is 0.834. The van der Waals surface area contributed by atoms with Gasteiger partial charge >= 0.3 is 0 Å². The highest BCUT2D eigenvalue weighted by atomic mass is 16.3. The van der Waals surface area contributed by atoms with Crippen molar-refractivity contribution >= 4 is 5.78 Å². The van der Waals surface area contributed by atoms with Crippen LogP contribution in [0.15, 0.2) is 42.5 Å². The predicted octanol–water partition coefficient (Wildman–Crippen LogP) is 3.65. The van der Waals surface area contributed by atoms with E-state index in [9.17, 15) is 15.0 Å². The van der Waals surface area contributed by atoms with Gasteiger partial charge in [-0.25, -0.2) is 0 Å². The normalized spacial score (nSPS) is 10.8. The Kier molecular flexibility index (Phi) is 4.08. The minimum absolute atomic E-state index is 0.0220. The maximum absolute atomic E-state index is 12.3. The van der Waals surface area contributed by atoms with Gasteiger partial charge in [-0.05, 0) is 23.1 Å². The smallest absolute Gasteiger partial charge is 0.170 e. The fourth-order valence-corrected chi connectivity index (χ4v) is 2.16. The maximum atomic E-state index is 12.3. The van der Waals surface area contributed by atoms with Crippen LogP contribution in [0.4, 0.5) is 0 Å². The SMILES string of the molecule is CC(C)c1cc(C(=O)Cc2ccccc2)c(O)cc1O. The summed E-state index contributed by atoms with van der Waals surface area (Å²) in [4.78, 5) is 12.3. The molecule has 0 saturated heterocycles. The van der Waals surface area contributed by atoms with E-state index in [2.05, 4.69) is 0 Å². The van der Waals surface area contributed by atoms with E-state index in [1.165, 1.54) is 6.07 Å². The van der Waals surface area contributed by atoms with Gasteiger partial charge in [-0.2, -0.15) is 0 Å². The molecule has 0 aliphatic carbocycles. The first-order valence-electron chi connectivity index (χ1n) is 6.62. The van der Waals surface area contributed by atoms with Gasteiger partial charge in [-0.15, -0.1) is 0 Å². The molecule has 0 atom stereocenters. The fraction of sp³-hybridized carbons (Fsp3) is 0.235. The van der Waals surface area contributed by atoms with Crippen molar-refractivity contribution in [3.8, 4) is 11.5 Å². The van der Waals surface area contributed by atoms with Gasteiger partial charge in [-0.1, -0.05) is 44.2 Å². The molecule has 2 N–H and O–H groups in total. The monoisotopic (exact) mass is 270 g/mol. The third kappa shape index (κ3) is 2.99. The molecule has 0 fully saturated rings. The summed E-state index contributed by atoms with van der Waals surface area (Å²) in [6.45, 7) is 3.86. The van der Waals surface area contributed by atoms with Crippen molar-refractivity contribution in [2.45, 2.75) is 26.2 Å². The van der Waals surface area contributed by atoms with Crippen molar-refractivity contribution in [2.75, 3.05) is 0 Å². The molecule has 2 rings (SSSR count). The van der Waals surface area contributed by atoms with E-state index in [-0.39, 0.29) is 35.2 Å². The molecule has 3 nitrogen and oxygen atoms in total. The lowest BCUT2D eigenvalue weighted by Crippen LogP contribution is -2.05. The molecule has 0 amide bonds. The van der Waals surface area contributed by atoms with Crippen molar-refractivity contribution in [1.29, 1.82) is 0 Å². The van der Waals surface area contributed by atoms with Crippen LogP contribution in [0.2, 0.25) is 0 Å². The van der Waals surface area contributed by atoms with E-state index >= 15 is 0 Å². The van der Waals surface area contributed by atoms with Crippen molar-refractivity contribution in [1.82, 2.24) is 0 Å². The summed E-state index contributed by atoms with van der Waals surface area (Å²) >= 11 is 0. The van der Waals surface area contributed by atoms with Crippen molar-refractivity contribution in [3.05, 3.63) is 59.2 Å². The summed E-state index contributed by atoms with van der Waals surface area (Å²) in [6, 6.07) is 12.2. The van der Waals surface area contributed by atoms with E-state index in [1.807, 2.05) is 44.2 Å². The summed E-state index contributed by atoms with van der Waals surface area (Å²) < 4.78 is 0. The molecular formula is C17H18O3. The van der Waals surface area contributed by atoms with Gasteiger partial charge < -0.3 is 10.2 Å². The van der Waals surface area contributed by atoms with Crippen LogP contribution < -0.4 is 0 Å². The lowest BCUT2D eigenvalue weighted by Gasteiger charge is -2.12. The molecule has 0 saturated carbocycles. The number of hydrogen-bond acceptors (Lipinski definition) is 3. The van der Waals surface area contributed by atoms with Gasteiger partial charge in [0.25, 0.3) is 0 Å². The molecule has 2 aromatic carbocycles. The van der Waals surface area contributed by atoms with Gasteiger partial charge in [0.15, 0.2) is 5.78 Å². The van der Waals surface area contributed by atoms with Gasteiger partial charge in [0, 0.05) is 12.5 Å². The Morgan fingerprint density at radius 3 is 2.30 bits per heavy atom. The highest BCUT2D eigenvalue weighted by Gasteiger charge is 2.17. The Bertz CT molecular complexity index is 616. The number of ketones is 1. The van der Waals surface area contributed by atoms with E-state index in [4.69, 9.17) is 0 Å². The van der Waals surface area contributed by atoms with Gasteiger partial charge in [0.2, 0.25) is 0 Å². The molecule has 0 unspecified atom stereocenters. The third-order valence-electron chi connectivity index (χ3n) is 3.27. The molecule has 2 aromatic rings. The molecule has 0 aromatic heterocycles. The Morgan fingerprint density at radius 1 is 1.05 bits per heavy atom. The highest BCUT2D eigenvalue weighted by molar-refractivity contribution is 6.00. The largest absolute Gasteiger partial charge is 0.508 e. The highest BCUT2D eigenvalue weighted by Crippen LogP contribution is 2.32. The zero-order valence-corrected chi connectivity index (χ0v) is 11.6. The van der Waals surface area contributed by atoms with Crippen LogP contribution >= 0.6 is 0 Å². The summed E-state index contributed by atoms with van der Waals surface area (Å²) in [5.41, 5.74) is 1.82. The number of phenols is 2. The van der Waals surface area contributed by atoms with Crippen LogP contribution in [0, 0.1) is 0 Å². The topological polar surface area (TPSA) is 57.5 Å². The van der Waals surface area contributed by atoms with Crippen LogP contribution in [0.5, 0.6) is 11.5 Å². The first-order valence-corrected chi connectivity index (χ1v) is 6.62. The van der Waals surface area contributed by atoms with Gasteiger partial charge in [0.1, 0.15) is 11.5 Å². The van der Waals surface area contributed by atoms with E-state index in [0.717, 1.165) is 5.56 Å². The molecule has 3 heteroatoms. The average molecular weight is 270 g/mol. The zero-order chi connectivity index (χ0) is 14.7. The molecule has 0 aliphatic rings. The maximum Gasteiger partial charge on any atom is 0.170 e. The molecule has 0 aliphatic heterocycles. The lowest BCUT2D eigenvalue weighted by molar-refractivity contribution is 0.0990. The van der Waals surface area contributed by atoms with Crippen LogP contribution in [-0.4, -0.2) is 16.0 Å². The number of aromatic hydroxyl groups is 2. The summed E-state index contributed by atoms with van der Waals surface area (Å²) in [7, 11) is 0. The summed E-state index contributed by atoms with van der Waals surface area (Å²) in [5, 5.41) is 19.7. The minimum atomic E-state index is -0.173. The number of hydrogen-bond donors (Lipinski definition) is 2. The first-order chi connectivity index (χ1) is 9.49. The van der Waals surface area contributed by atoms with Crippen LogP contribution in [0.25, 0.3) is 0 Å². The van der Waals surface area contributed by atoms with Crippen LogP contribution in [-0.2, 0) is 6.42 Å². The van der Waals surface area contributed by atoms with Crippen LogP contribution in [0.3, 0.4) is 0 Å². The number of phenolic OH excluding ortho intramolecular Hbond substituents is 2. The van der Waals surface area contributed by atoms with E-state index in [1.54, 1.807) is 6.07 Å². The second-order valence-electron chi connectivity index (χ2n) is 5.17. The van der Waals surface area contributed by atoms with Gasteiger partial charge in [0.05, 0.1) is 5.56 Å². The first kappa shape index (κ1) is 14.1. The molecule has 0 radical (unpaired) electrons. The van der Waals surface area contributed by atoms with Gasteiger partial charge in [-0.3, -0.25) is 4.79 Å². The summed E-state index contributed by atoms with van der Waals surface area (Å²) in [6.07, 6.45) is 0.233. The molecular weight excluding hydrogens is 252 g/mol.